The largest absolute Gasteiger partial charge is 0.321 e. The van der Waals surface area contributed by atoms with Crippen LogP contribution < -0.4 is 5.32 Å². The van der Waals surface area contributed by atoms with Gasteiger partial charge in [-0.2, -0.15) is 0 Å². The van der Waals surface area contributed by atoms with E-state index in [-0.39, 0.29) is 18.2 Å². The van der Waals surface area contributed by atoms with Gasteiger partial charge in [0.05, 0.1) is 10.8 Å². The molecule has 1 aromatic rings. The van der Waals surface area contributed by atoms with E-state index < -0.39 is 17.9 Å². The number of nitrogens with zero attached hydrogens (tertiary/aromatic N) is 1. The van der Waals surface area contributed by atoms with Crippen LogP contribution >= 0.6 is 23.4 Å². The molecule has 0 radical (unpaired) electrons. The summed E-state index contributed by atoms with van der Waals surface area (Å²) in [7, 11) is 0. The maximum atomic E-state index is 12.1. The molecule has 3 amide bonds. The third kappa shape index (κ3) is 3.32. The van der Waals surface area contributed by atoms with E-state index in [1.54, 1.807) is 13.0 Å². The summed E-state index contributed by atoms with van der Waals surface area (Å²) in [6.07, 6.45) is 0. The van der Waals surface area contributed by atoms with Crippen molar-refractivity contribution >= 4 is 41.1 Å². The van der Waals surface area contributed by atoms with Gasteiger partial charge in [0.25, 0.3) is 0 Å². The highest BCUT2D eigenvalue weighted by Gasteiger charge is 2.33. The Balaban J connectivity index is 1.99. The Morgan fingerprint density at radius 3 is 2.85 bits per heavy atom. The second kappa shape index (κ2) is 6.28. The van der Waals surface area contributed by atoms with Crippen molar-refractivity contribution in [3.63, 3.8) is 0 Å². The van der Waals surface area contributed by atoms with Crippen LogP contribution in [0.5, 0.6) is 0 Å². The predicted octanol–water partition coefficient (Wildman–Crippen LogP) is 1.31. The molecule has 1 saturated heterocycles. The fraction of sp³-hybridized carbons (Fsp3) is 0.308. The van der Waals surface area contributed by atoms with Crippen LogP contribution in [0.25, 0.3) is 0 Å². The lowest BCUT2D eigenvalue weighted by Gasteiger charge is -2.31. The summed E-state index contributed by atoms with van der Waals surface area (Å²) in [4.78, 5) is 37.0. The molecule has 0 bridgehead atoms. The number of carbonyl (C=O) groups is 3. The molecule has 1 unspecified atom stereocenters. The highest BCUT2D eigenvalue weighted by molar-refractivity contribution is 8.00. The third-order valence-electron chi connectivity index (χ3n) is 2.93. The minimum Gasteiger partial charge on any atom is -0.321 e. The molecule has 1 N–H and O–H groups in total. The number of piperazine rings is 1. The summed E-state index contributed by atoms with van der Waals surface area (Å²) in [5.41, 5.74) is 0. The number of nitrogens with one attached hydrogen (secondary N) is 1. The molecule has 7 heteroatoms. The monoisotopic (exact) mass is 312 g/mol. The van der Waals surface area contributed by atoms with Crippen LogP contribution in [0.1, 0.15) is 6.92 Å². The quantitative estimate of drug-likeness (QED) is 0.675. The summed E-state index contributed by atoms with van der Waals surface area (Å²) in [5.74, 6) is -1.03. The maximum Gasteiger partial charge on any atom is 0.249 e. The summed E-state index contributed by atoms with van der Waals surface area (Å²) < 4.78 is 0. The first-order valence-corrected chi connectivity index (χ1v) is 7.36. The molecule has 0 aromatic heterocycles. The molecular formula is C13H13ClN2O3S. The van der Waals surface area contributed by atoms with E-state index in [9.17, 15) is 14.4 Å². The highest BCUT2D eigenvalue weighted by atomic mass is 35.5. The van der Waals surface area contributed by atoms with Crippen molar-refractivity contribution in [2.45, 2.75) is 17.9 Å². The van der Waals surface area contributed by atoms with Crippen molar-refractivity contribution in [1.82, 2.24) is 10.2 Å². The van der Waals surface area contributed by atoms with Gasteiger partial charge in [-0.1, -0.05) is 23.7 Å². The molecule has 20 heavy (non-hydrogen) atoms. The predicted molar refractivity (Wildman–Crippen MR) is 76.5 cm³/mol. The Kier molecular flexibility index (Phi) is 4.67. The second-order valence-electron chi connectivity index (χ2n) is 4.33. The summed E-state index contributed by atoms with van der Waals surface area (Å²) >= 11 is 7.29. The first-order chi connectivity index (χ1) is 9.49. The number of thioether (sulfide) groups is 1. The van der Waals surface area contributed by atoms with Gasteiger partial charge in [0.2, 0.25) is 17.7 Å². The van der Waals surface area contributed by atoms with E-state index in [2.05, 4.69) is 5.32 Å². The third-order valence-corrected chi connectivity index (χ3v) is 4.43. The fourth-order valence-electron chi connectivity index (χ4n) is 1.80. The molecule has 106 valence electrons. The van der Waals surface area contributed by atoms with Gasteiger partial charge in [0.1, 0.15) is 12.6 Å². The molecule has 5 nitrogen and oxygen atoms in total. The first-order valence-electron chi connectivity index (χ1n) is 5.99. The van der Waals surface area contributed by atoms with Gasteiger partial charge in [-0.05, 0) is 19.1 Å². The van der Waals surface area contributed by atoms with Crippen molar-refractivity contribution in [2.24, 2.45) is 0 Å². The standard InChI is InChI=1S/C13H13ClN2O3S/c1-8-13(19)15-11(17)6-16(8)12(18)7-20-10-5-3-2-4-9(10)14/h2-5,8H,6-7H2,1H3,(H,15,17,19). The minimum atomic E-state index is -0.632. The van der Waals surface area contributed by atoms with Gasteiger partial charge >= 0.3 is 0 Å². The zero-order valence-electron chi connectivity index (χ0n) is 10.8. The van der Waals surface area contributed by atoms with E-state index in [0.29, 0.717) is 5.02 Å². The van der Waals surface area contributed by atoms with Crippen molar-refractivity contribution in [3.8, 4) is 0 Å². The van der Waals surface area contributed by atoms with Crippen LogP contribution in [-0.2, 0) is 14.4 Å². The lowest BCUT2D eigenvalue weighted by molar-refractivity contribution is -0.148. The number of halogens is 1. The number of hydrogen-bond donors (Lipinski definition) is 1. The van der Waals surface area contributed by atoms with E-state index >= 15 is 0 Å². The Bertz CT molecular complexity index is 564. The van der Waals surface area contributed by atoms with E-state index in [4.69, 9.17) is 11.6 Å². The minimum absolute atomic E-state index is 0.0885. The molecule has 1 fully saturated rings. The molecule has 1 aliphatic heterocycles. The van der Waals surface area contributed by atoms with Crippen molar-refractivity contribution in [1.29, 1.82) is 0 Å². The number of amides is 3. The molecule has 1 atom stereocenters. The molecule has 0 spiro atoms. The van der Waals surface area contributed by atoms with E-state index in [0.717, 1.165) is 4.90 Å². The van der Waals surface area contributed by atoms with Gasteiger partial charge < -0.3 is 4.90 Å². The average Bonchev–Trinajstić information content (AvgIpc) is 2.41. The molecule has 0 saturated carbocycles. The Labute approximate surface area is 125 Å². The Morgan fingerprint density at radius 1 is 1.45 bits per heavy atom. The molecule has 1 aliphatic rings. The maximum absolute atomic E-state index is 12.1. The zero-order valence-corrected chi connectivity index (χ0v) is 12.3. The van der Waals surface area contributed by atoms with Crippen LogP contribution in [0.2, 0.25) is 5.02 Å². The second-order valence-corrected chi connectivity index (χ2v) is 5.75. The first kappa shape index (κ1) is 14.9. The molecule has 2 rings (SSSR count). The summed E-state index contributed by atoms with van der Waals surface area (Å²) in [6.45, 7) is 1.51. The van der Waals surface area contributed by atoms with Gasteiger partial charge in [-0.15, -0.1) is 11.8 Å². The highest BCUT2D eigenvalue weighted by Crippen LogP contribution is 2.26. The number of imide groups is 1. The van der Waals surface area contributed by atoms with Crippen LogP contribution in [0, 0.1) is 0 Å². The SMILES string of the molecule is CC1C(=O)NC(=O)CN1C(=O)CSc1ccccc1Cl. The van der Waals surface area contributed by atoms with E-state index in [1.807, 2.05) is 18.2 Å². The van der Waals surface area contributed by atoms with Gasteiger partial charge in [0.15, 0.2) is 0 Å². The number of rotatable bonds is 3. The summed E-state index contributed by atoms with van der Waals surface area (Å²) in [5, 5.41) is 2.77. The van der Waals surface area contributed by atoms with Gasteiger partial charge in [-0.3, -0.25) is 19.7 Å². The smallest absolute Gasteiger partial charge is 0.249 e. The number of hydrogen-bond acceptors (Lipinski definition) is 4. The Morgan fingerprint density at radius 2 is 2.15 bits per heavy atom. The normalized spacial score (nSPS) is 18.9. The van der Waals surface area contributed by atoms with Gasteiger partial charge in [-0.25, -0.2) is 0 Å². The van der Waals surface area contributed by atoms with Crippen molar-refractivity contribution in [3.05, 3.63) is 29.3 Å². The van der Waals surface area contributed by atoms with Crippen LogP contribution in [0.15, 0.2) is 29.2 Å². The average molecular weight is 313 g/mol. The number of benzene rings is 1. The van der Waals surface area contributed by atoms with Crippen molar-refractivity contribution in [2.75, 3.05) is 12.3 Å². The van der Waals surface area contributed by atoms with Gasteiger partial charge in [0, 0.05) is 4.90 Å². The molecular weight excluding hydrogens is 300 g/mol. The zero-order chi connectivity index (χ0) is 14.7. The van der Waals surface area contributed by atoms with Crippen molar-refractivity contribution < 1.29 is 14.4 Å². The Hall–Kier alpha value is -1.53. The molecule has 1 aromatic carbocycles. The molecule has 0 aliphatic carbocycles. The molecule has 1 heterocycles. The fourth-order valence-corrected chi connectivity index (χ4v) is 2.93. The van der Waals surface area contributed by atoms with Crippen LogP contribution in [0.4, 0.5) is 0 Å². The topological polar surface area (TPSA) is 66.5 Å². The lowest BCUT2D eigenvalue weighted by atomic mass is 10.2. The van der Waals surface area contributed by atoms with Crippen LogP contribution in [0.3, 0.4) is 0 Å². The summed E-state index contributed by atoms with van der Waals surface area (Å²) in [6, 6.07) is 6.57. The van der Waals surface area contributed by atoms with Crippen LogP contribution in [-0.4, -0.2) is 41.0 Å². The van der Waals surface area contributed by atoms with E-state index in [1.165, 1.54) is 16.7 Å². The number of carbonyl (C=O) groups excluding carboxylic acids is 3. The lowest BCUT2D eigenvalue weighted by Crippen LogP contribution is -2.59.